The van der Waals surface area contributed by atoms with Gasteiger partial charge in [0.05, 0.1) is 11.1 Å². The molecule has 318 valence electrons. The van der Waals surface area contributed by atoms with Crippen LogP contribution in [-0.2, 0) is 25.7 Å². The van der Waals surface area contributed by atoms with Crippen LogP contribution in [0.4, 0.5) is 10.1 Å². The molecule has 6 amide bonds. The molecule has 0 saturated carbocycles. The molecule has 2 unspecified atom stereocenters. The van der Waals surface area contributed by atoms with E-state index in [0.717, 1.165) is 54.3 Å². The number of halogens is 1. The fourth-order valence-electron chi connectivity index (χ4n) is 8.85. The van der Waals surface area contributed by atoms with Crippen molar-refractivity contribution in [3.05, 3.63) is 94.3 Å². The molecule has 2 N–H and O–H groups in total. The number of carbonyl (C=O) groups excluding carboxylic acids is 6. The van der Waals surface area contributed by atoms with Crippen molar-refractivity contribution in [3.63, 3.8) is 0 Å². The van der Waals surface area contributed by atoms with Gasteiger partial charge in [-0.25, -0.2) is 4.39 Å². The van der Waals surface area contributed by atoms with Crippen molar-refractivity contribution in [3.8, 4) is 5.75 Å². The van der Waals surface area contributed by atoms with Gasteiger partial charge in [-0.15, -0.1) is 0 Å². The van der Waals surface area contributed by atoms with Gasteiger partial charge in [0, 0.05) is 88.4 Å². The molecular formula is C45H54FN7O7. The predicted octanol–water partition coefficient (Wildman–Crippen LogP) is 3.47. The number of likely N-dealkylation sites (tertiary alicyclic amines) is 1. The van der Waals surface area contributed by atoms with E-state index in [1.807, 2.05) is 17.9 Å². The number of benzene rings is 3. The Hall–Kier alpha value is -5.67. The van der Waals surface area contributed by atoms with Crippen LogP contribution in [0.15, 0.2) is 60.7 Å². The van der Waals surface area contributed by atoms with Gasteiger partial charge in [0.15, 0.2) is 6.61 Å². The average Bonchev–Trinajstić information content (AvgIpc) is 3.78. The molecular weight excluding hydrogens is 770 g/mol. The van der Waals surface area contributed by atoms with Crippen LogP contribution >= 0.6 is 0 Å². The largest absolute Gasteiger partial charge is 0.483 e. The smallest absolute Gasteiger partial charge is 0.266 e. The van der Waals surface area contributed by atoms with Crippen molar-refractivity contribution in [1.29, 1.82) is 0 Å². The van der Waals surface area contributed by atoms with Gasteiger partial charge in [0.2, 0.25) is 17.7 Å². The summed E-state index contributed by atoms with van der Waals surface area (Å²) in [5.74, 6) is -2.55. The SMILES string of the molecule is Cc1cccc(F)c1CN1CC(c2ccc(N3CCN(C(=O)CCCCCNC(=O)COc4cccc5c4C(=O)N(C4CCC(=O)NC4=O)C5=O)CC3)cc2)[C@@H](N(C)C)C1. The Kier molecular flexibility index (Phi) is 13.2. The molecule has 0 aliphatic carbocycles. The van der Waals surface area contributed by atoms with Crippen molar-refractivity contribution in [1.82, 2.24) is 30.2 Å². The van der Waals surface area contributed by atoms with E-state index in [0.29, 0.717) is 57.4 Å². The molecule has 3 saturated heterocycles. The first-order valence-electron chi connectivity index (χ1n) is 20.9. The lowest BCUT2D eigenvalue weighted by molar-refractivity contribution is -0.136. The minimum absolute atomic E-state index is 0.0132. The van der Waals surface area contributed by atoms with Crippen molar-refractivity contribution < 1.29 is 37.9 Å². The lowest BCUT2D eigenvalue weighted by atomic mass is 9.93. The second-order valence-electron chi connectivity index (χ2n) is 16.4. The molecule has 60 heavy (non-hydrogen) atoms. The number of carbonyl (C=O) groups is 6. The number of nitrogens with zero attached hydrogens (tertiary/aromatic N) is 5. The van der Waals surface area contributed by atoms with Gasteiger partial charge in [-0.1, -0.05) is 36.8 Å². The lowest BCUT2D eigenvalue weighted by Gasteiger charge is -2.36. The maximum Gasteiger partial charge on any atom is 0.266 e. The number of anilines is 1. The second kappa shape index (κ2) is 18.7. The Morgan fingerprint density at radius 2 is 1.65 bits per heavy atom. The van der Waals surface area contributed by atoms with E-state index in [4.69, 9.17) is 4.74 Å². The molecule has 14 nitrogen and oxygen atoms in total. The molecule has 4 aliphatic rings. The van der Waals surface area contributed by atoms with Crippen molar-refractivity contribution >= 4 is 41.1 Å². The number of piperidine rings is 1. The van der Waals surface area contributed by atoms with Gasteiger partial charge in [0.25, 0.3) is 17.7 Å². The summed E-state index contributed by atoms with van der Waals surface area (Å²) < 4.78 is 20.3. The summed E-state index contributed by atoms with van der Waals surface area (Å²) in [7, 11) is 4.23. The minimum atomic E-state index is -1.10. The van der Waals surface area contributed by atoms with Crippen LogP contribution in [0.1, 0.15) is 81.8 Å². The van der Waals surface area contributed by atoms with E-state index in [9.17, 15) is 33.2 Å². The van der Waals surface area contributed by atoms with Crippen molar-refractivity contribution in [2.75, 3.05) is 71.4 Å². The molecule has 4 aliphatic heterocycles. The van der Waals surface area contributed by atoms with Gasteiger partial charge >= 0.3 is 0 Å². The highest BCUT2D eigenvalue weighted by Gasteiger charge is 2.46. The fourth-order valence-corrected chi connectivity index (χ4v) is 8.85. The molecule has 3 aromatic rings. The number of unbranched alkanes of at least 4 members (excludes halogenated alkanes) is 2. The quantitative estimate of drug-likeness (QED) is 0.172. The Morgan fingerprint density at radius 3 is 2.37 bits per heavy atom. The fraction of sp³-hybridized carbons (Fsp3) is 0.467. The number of piperazine rings is 1. The molecule has 0 bridgehead atoms. The molecule has 3 aromatic carbocycles. The molecule has 3 fully saturated rings. The number of fused-ring (bicyclic) bond motifs is 1. The van der Waals surface area contributed by atoms with Gasteiger partial charge in [-0.3, -0.25) is 43.9 Å². The summed E-state index contributed by atoms with van der Waals surface area (Å²) in [5, 5.41) is 4.96. The Labute approximate surface area is 350 Å². The van der Waals surface area contributed by atoms with Crippen molar-refractivity contribution in [2.45, 2.75) is 70.0 Å². The Balaban J connectivity index is 0.792. The van der Waals surface area contributed by atoms with Crippen LogP contribution in [0.5, 0.6) is 5.75 Å². The summed E-state index contributed by atoms with van der Waals surface area (Å²) in [6.45, 7) is 7.16. The lowest BCUT2D eigenvalue weighted by Crippen LogP contribution is -2.54. The second-order valence-corrected chi connectivity index (χ2v) is 16.4. The number of amides is 6. The number of aryl methyl sites for hydroxylation is 1. The Bertz CT molecular complexity index is 2100. The van der Waals surface area contributed by atoms with Crippen LogP contribution in [0.25, 0.3) is 0 Å². The maximum atomic E-state index is 14.6. The standard InChI is InChI=1S/C45H54FN7O7/c1-29-9-7-11-35(46)33(29)25-50-26-34(37(27-50)49(2)3)30-14-16-31(17-15-30)51-21-23-52(24-22-51)41(56)13-5-4-6-20-47-40(55)28-60-38-12-8-10-32-42(38)45(59)53(44(32)58)36-18-19-39(54)48-43(36)57/h7-12,14-17,34,36-37H,4-6,13,18-28H2,1-3H3,(H,47,55)(H,48,54,57)/t34?,36?,37-/m0/s1. The first-order valence-corrected chi connectivity index (χ1v) is 20.9. The van der Waals surface area contributed by atoms with Gasteiger partial charge < -0.3 is 24.8 Å². The zero-order valence-electron chi connectivity index (χ0n) is 34.6. The average molecular weight is 824 g/mol. The van der Waals surface area contributed by atoms with E-state index in [1.54, 1.807) is 12.1 Å². The normalized spacial score (nSPS) is 20.8. The minimum Gasteiger partial charge on any atom is -0.483 e. The highest BCUT2D eigenvalue weighted by atomic mass is 19.1. The molecule has 4 heterocycles. The zero-order valence-corrected chi connectivity index (χ0v) is 34.6. The number of imide groups is 2. The molecule has 15 heteroatoms. The predicted molar refractivity (Wildman–Crippen MR) is 222 cm³/mol. The first-order chi connectivity index (χ1) is 28.9. The van der Waals surface area contributed by atoms with E-state index in [2.05, 4.69) is 63.7 Å². The van der Waals surface area contributed by atoms with E-state index < -0.39 is 35.6 Å². The number of hydrogen-bond acceptors (Lipinski definition) is 10. The number of ether oxygens (including phenoxy) is 1. The van der Waals surface area contributed by atoms with Gasteiger partial charge in [-0.2, -0.15) is 0 Å². The van der Waals surface area contributed by atoms with E-state index in [1.165, 1.54) is 23.8 Å². The maximum absolute atomic E-state index is 14.6. The molecule has 0 radical (unpaired) electrons. The number of rotatable bonds is 15. The number of hydrogen-bond donors (Lipinski definition) is 2. The third kappa shape index (κ3) is 9.37. The third-order valence-corrected chi connectivity index (χ3v) is 12.3. The van der Waals surface area contributed by atoms with Gasteiger partial charge in [0.1, 0.15) is 17.6 Å². The Morgan fingerprint density at radius 1 is 0.900 bits per heavy atom. The number of likely N-dealkylation sites (N-methyl/N-ethyl adjacent to an activating group) is 1. The van der Waals surface area contributed by atoms with Crippen molar-refractivity contribution in [2.24, 2.45) is 0 Å². The monoisotopic (exact) mass is 823 g/mol. The molecule has 3 atom stereocenters. The van der Waals surface area contributed by atoms with Crippen LogP contribution in [-0.4, -0.2) is 134 Å². The summed E-state index contributed by atoms with van der Waals surface area (Å²) in [5.41, 5.74) is 4.23. The van der Waals surface area contributed by atoms with Crippen LogP contribution in [0.3, 0.4) is 0 Å². The first kappa shape index (κ1) is 42.5. The van der Waals surface area contributed by atoms with Crippen LogP contribution < -0.4 is 20.3 Å². The molecule has 0 aromatic heterocycles. The highest BCUT2D eigenvalue weighted by molar-refractivity contribution is 6.24. The number of nitrogens with one attached hydrogen (secondary N) is 2. The summed E-state index contributed by atoms with van der Waals surface area (Å²) in [6, 6.07) is 17.8. The van der Waals surface area contributed by atoms with Crippen LogP contribution in [0, 0.1) is 12.7 Å². The summed E-state index contributed by atoms with van der Waals surface area (Å²) in [6.07, 6.45) is 2.63. The molecule has 0 spiro atoms. The zero-order chi connectivity index (χ0) is 42.5. The summed E-state index contributed by atoms with van der Waals surface area (Å²) in [4.78, 5) is 85.6. The highest BCUT2D eigenvalue weighted by Crippen LogP contribution is 2.35. The molecule has 7 rings (SSSR count). The van der Waals surface area contributed by atoms with Gasteiger partial charge in [-0.05, 0) is 81.7 Å². The third-order valence-electron chi connectivity index (χ3n) is 12.3. The van der Waals surface area contributed by atoms with E-state index in [-0.39, 0.29) is 48.0 Å². The topological polar surface area (TPSA) is 152 Å². The van der Waals surface area contributed by atoms with Crippen LogP contribution in [0.2, 0.25) is 0 Å². The summed E-state index contributed by atoms with van der Waals surface area (Å²) >= 11 is 0. The van der Waals surface area contributed by atoms with E-state index >= 15 is 0 Å².